The summed E-state index contributed by atoms with van der Waals surface area (Å²) < 4.78 is 10.5. The fourth-order valence-electron chi connectivity index (χ4n) is 1.91. The van der Waals surface area contributed by atoms with Crippen LogP contribution in [-0.4, -0.2) is 14.2 Å². The number of ether oxygens (including phenoxy) is 2. The van der Waals surface area contributed by atoms with E-state index in [-0.39, 0.29) is 4.83 Å². The molecule has 0 amide bonds. The Bertz CT molecular complexity index is 617. The van der Waals surface area contributed by atoms with E-state index >= 15 is 0 Å². The molecule has 0 aliphatic rings. The minimum Gasteiger partial charge on any atom is -0.493 e. The van der Waals surface area contributed by atoms with Gasteiger partial charge in [-0.1, -0.05) is 51.3 Å². The Balaban J connectivity index is 2.46. The van der Waals surface area contributed by atoms with Crippen LogP contribution in [-0.2, 0) is 0 Å². The summed E-state index contributed by atoms with van der Waals surface area (Å²) in [5.41, 5.74) is 1.92. The predicted octanol–water partition coefficient (Wildman–Crippen LogP) is 5.49. The van der Waals surface area contributed by atoms with Crippen molar-refractivity contribution >= 4 is 39.1 Å². The molecule has 0 aliphatic carbocycles. The monoisotopic (exact) mass is 374 g/mol. The summed E-state index contributed by atoms with van der Waals surface area (Å²) in [7, 11) is 3.18. The van der Waals surface area contributed by atoms with E-state index in [0.29, 0.717) is 21.5 Å². The summed E-state index contributed by atoms with van der Waals surface area (Å²) in [6, 6.07) is 11.2. The maximum atomic E-state index is 6.32. The summed E-state index contributed by atoms with van der Waals surface area (Å²) >= 11 is 16.0. The number of hydrogen-bond acceptors (Lipinski definition) is 2. The lowest BCUT2D eigenvalue weighted by atomic mass is 10.0. The predicted molar refractivity (Wildman–Crippen MR) is 86.8 cm³/mol. The molecule has 2 nitrogen and oxygen atoms in total. The minimum atomic E-state index is -0.0755. The average Bonchev–Trinajstić information content (AvgIpc) is 2.46. The molecule has 2 rings (SSSR count). The molecule has 0 aliphatic heterocycles. The van der Waals surface area contributed by atoms with Crippen molar-refractivity contribution in [2.75, 3.05) is 14.2 Å². The molecular weight excluding hydrogens is 363 g/mol. The van der Waals surface area contributed by atoms with Crippen LogP contribution in [0.15, 0.2) is 36.4 Å². The maximum Gasteiger partial charge on any atom is 0.162 e. The Morgan fingerprint density at radius 3 is 2.25 bits per heavy atom. The van der Waals surface area contributed by atoms with Crippen molar-refractivity contribution in [3.63, 3.8) is 0 Å². The Hall–Kier alpha value is -0.900. The molecule has 1 unspecified atom stereocenters. The second kappa shape index (κ2) is 6.70. The first kappa shape index (κ1) is 15.5. The van der Waals surface area contributed by atoms with Crippen molar-refractivity contribution in [2.45, 2.75) is 4.83 Å². The van der Waals surface area contributed by atoms with E-state index in [1.54, 1.807) is 20.3 Å². The van der Waals surface area contributed by atoms with Gasteiger partial charge in [-0.15, -0.1) is 0 Å². The first-order chi connectivity index (χ1) is 9.56. The quantitative estimate of drug-likeness (QED) is 0.657. The smallest absolute Gasteiger partial charge is 0.162 e. The van der Waals surface area contributed by atoms with Gasteiger partial charge in [0.1, 0.15) is 0 Å². The zero-order valence-electron chi connectivity index (χ0n) is 11.0. The van der Waals surface area contributed by atoms with Gasteiger partial charge in [-0.05, 0) is 29.3 Å². The summed E-state index contributed by atoms with van der Waals surface area (Å²) in [6.45, 7) is 0. The fraction of sp³-hybridized carbons (Fsp3) is 0.200. The fourth-order valence-corrected chi connectivity index (χ4v) is 3.16. The van der Waals surface area contributed by atoms with Crippen molar-refractivity contribution in [3.05, 3.63) is 57.6 Å². The molecule has 2 aromatic carbocycles. The Morgan fingerprint density at radius 2 is 1.65 bits per heavy atom. The van der Waals surface area contributed by atoms with E-state index in [9.17, 15) is 0 Å². The number of methoxy groups -OCH3 is 2. The number of hydrogen-bond donors (Lipinski definition) is 0. The number of alkyl halides is 1. The molecule has 0 radical (unpaired) electrons. The van der Waals surface area contributed by atoms with Gasteiger partial charge in [-0.25, -0.2) is 0 Å². The Morgan fingerprint density at radius 1 is 1.00 bits per heavy atom. The highest BCUT2D eigenvalue weighted by Gasteiger charge is 2.18. The van der Waals surface area contributed by atoms with Crippen LogP contribution < -0.4 is 9.47 Å². The second-order valence-corrected chi connectivity index (χ2v) is 5.91. The van der Waals surface area contributed by atoms with E-state index in [4.69, 9.17) is 32.7 Å². The van der Waals surface area contributed by atoms with E-state index in [1.807, 2.05) is 30.3 Å². The van der Waals surface area contributed by atoms with Crippen LogP contribution in [0.25, 0.3) is 0 Å². The standard InChI is InChI=1S/C15H13BrCl2O2/c1-19-13-7-11(12(18)8-14(13)20-2)15(16)9-4-3-5-10(17)6-9/h3-8,15H,1-2H3. The van der Waals surface area contributed by atoms with Crippen molar-refractivity contribution in [3.8, 4) is 11.5 Å². The van der Waals surface area contributed by atoms with Crippen molar-refractivity contribution < 1.29 is 9.47 Å². The molecule has 2 aromatic rings. The highest BCUT2D eigenvalue weighted by Crippen LogP contribution is 2.41. The molecule has 0 N–H and O–H groups in total. The van der Waals surface area contributed by atoms with Gasteiger partial charge in [0.25, 0.3) is 0 Å². The largest absolute Gasteiger partial charge is 0.493 e. The molecular formula is C15H13BrCl2O2. The van der Waals surface area contributed by atoms with Crippen LogP contribution in [0.4, 0.5) is 0 Å². The molecule has 0 bridgehead atoms. The molecule has 0 saturated heterocycles. The summed E-state index contributed by atoms with van der Waals surface area (Å²) in [5.74, 6) is 1.24. The first-order valence-corrected chi connectivity index (χ1v) is 7.55. The summed E-state index contributed by atoms with van der Waals surface area (Å²) in [4.78, 5) is -0.0755. The van der Waals surface area contributed by atoms with Gasteiger partial charge >= 0.3 is 0 Å². The third kappa shape index (κ3) is 3.22. The third-order valence-electron chi connectivity index (χ3n) is 2.92. The Labute approximate surface area is 136 Å². The van der Waals surface area contributed by atoms with E-state index in [0.717, 1.165) is 11.1 Å². The van der Waals surface area contributed by atoms with E-state index in [1.165, 1.54) is 0 Å². The summed E-state index contributed by atoms with van der Waals surface area (Å²) in [5, 5.41) is 1.29. The van der Waals surface area contributed by atoms with Gasteiger partial charge in [0.2, 0.25) is 0 Å². The molecule has 0 heterocycles. The summed E-state index contributed by atoms with van der Waals surface area (Å²) in [6.07, 6.45) is 0. The van der Waals surface area contributed by atoms with Gasteiger partial charge in [-0.3, -0.25) is 0 Å². The zero-order chi connectivity index (χ0) is 14.7. The molecule has 5 heteroatoms. The number of benzene rings is 2. The van der Waals surface area contributed by atoms with Crippen LogP contribution >= 0.6 is 39.1 Å². The van der Waals surface area contributed by atoms with Crippen LogP contribution in [0.5, 0.6) is 11.5 Å². The zero-order valence-corrected chi connectivity index (χ0v) is 14.1. The van der Waals surface area contributed by atoms with E-state index < -0.39 is 0 Å². The molecule has 20 heavy (non-hydrogen) atoms. The molecule has 1 atom stereocenters. The molecule has 0 spiro atoms. The van der Waals surface area contributed by atoms with Gasteiger partial charge in [-0.2, -0.15) is 0 Å². The average molecular weight is 376 g/mol. The van der Waals surface area contributed by atoms with Crippen molar-refractivity contribution in [1.29, 1.82) is 0 Å². The molecule has 0 fully saturated rings. The SMILES string of the molecule is COc1cc(Cl)c(C(Br)c2cccc(Cl)c2)cc1OC. The van der Waals surface area contributed by atoms with Gasteiger partial charge in [0.15, 0.2) is 11.5 Å². The van der Waals surface area contributed by atoms with Gasteiger partial charge < -0.3 is 9.47 Å². The normalized spacial score (nSPS) is 12.1. The van der Waals surface area contributed by atoms with Crippen LogP contribution in [0.3, 0.4) is 0 Å². The maximum absolute atomic E-state index is 6.32. The van der Waals surface area contributed by atoms with Crippen LogP contribution in [0.1, 0.15) is 16.0 Å². The lowest BCUT2D eigenvalue weighted by Crippen LogP contribution is -1.97. The number of halogens is 3. The van der Waals surface area contributed by atoms with Crippen LogP contribution in [0.2, 0.25) is 10.0 Å². The molecule has 106 valence electrons. The Kier molecular flexibility index (Phi) is 5.19. The molecule has 0 saturated carbocycles. The van der Waals surface area contributed by atoms with Gasteiger partial charge in [0, 0.05) is 16.1 Å². The lowest BCUT2D eigenvalue weighted by Gasteiger charge is -2.16. The first-order valence-electron chi connectivity index (χ1n) is 5.87. The third-order valence-corrected chi connectivity index (χ3v) is 4.50. The van der Waals surface area contributed by atoms with Gasteiger partial charge in [0.05, 0.1) is 19.0 Å². The lowest BCUT2D eigenvalue weighted by molar-refractivity contribution is 0.354. The highest BCUT2D eigenvalue weighted by atomic mass is 79.9. The number of rotatable bonds is 4. The van der Waals surface area contributed by atoms with Crippen molar-refractivity contribution in [1.82, 2.24) is 0 Å². The minimum absolute atomic E-state index is 0.0755. The van der Waals surface area contributed by atoms with Crippen molar-refractivity contribution in [2.24, 2.45) is 0 Å². The second-order valence-electron chi connectivity index (χ2n) is 4.15. The van der Waals surface area contributed by atoms with E-state index in [2.05, 4.69) is 15.9 Å². The highest BCUT2D eigenvalue weighted by molar-refractivity contribution is 9.09. The molecule has 0 aromatic heterocycles. The van der Waals surface area contributed by atoms with Crippen LogP contribution in [0, 0.1) is 0 Å². The topological polar surface area (TPSA) is 18.5 Å².